The molecule has 3 unspecified atom stereocenters. The lowest BCUT2D eigenvalue weighted by Gasteiger charge is -2.23. The minimum Gasteiger partial charge on any atom is -0.315 e. The van der Waals surface area contributed by atoms with Gasteiger partial charge in [0, 0.05) is 13.1 Å². The number of hydrogen-bond donors (Lipinski definition) is 2. The van der Waals surface area contributed by atoms with Gasteiger partial charge < -0.3 is 5.32 Å². The van der Waals surface area contributed by atoms with Crippen LogP contribution in [0.3, 0.4) is 0 Å². The third kappa shape index (κ3) is 3.66. The van der Waals surface area contributed by atoms with Gasteiger partial charge in [0.05, 0.1) is 5.25 Å². The maximum absolute atomic E-state index is 12.1. The fraction of sp³-hybridized carbons (Fsp3) is 1.00. The van der Waals surface area contributed by atoms with E-state index in [1.807, 2.05) is 0 Å². The Hall–Kier alpha value is -0.130. The van der Waals surface area contributed by atoms with Crippen LogP contribution in [0.15, 0.2) is 0 Å². The van der Waals surface area contributed by atoms with Crippen molar-refractivity contribution in [2.24, 2.45) is 11.8 Å². The SMILES string of the molecule is CC1CCC(CNS(=O)(=O)C2CCCNC2)C1. The summed E-state index contributed by atoms with van der Waals surface area (Å²) < 4.78 is 27.0. The second-order valence-electron chi connectivity index (χ2n) is 5.65. The van der Waals surface area contributed by atoms with Crippen molar-refractivity contribution in [3.63, 3.8) is 0 Å². The first kappa shape index (κ1) is 13.3. The molecule has 17 heavy (non-hydrogen) atoms. The molecule has 2 fully saturated rings. The number of piperidine rings is 1. The molecule has 4 nitrogen and oxygen atoms in total. The van der Waals surface area contributed by atoms with Gasteiger partial charge in [0.2, 0.25) is 10.0 Å². The molecule has 100 valence electrons. The van der Waals surface area contributed by atoms with E-state index in [2.05, 4.69) is 17.0 Å². The van der Waals surface area contributed by atoms with E-state index in [0.717, 1.165) is 25.3 Å². The van der Waals surface area contributed by atoms with Gasteiger partial charge in [-0.2, -0.15) is 0 Å². The highest BCUT2D eigenvalue weighted by Gasteiger charge is 2.29. The van der Waals surface area contributed by atoms with Crippen LogP contribution in [-0.4, -0.2) is 33.3 Å². The van der Waals surface area contributed by atoms with Crippen LogP contribution in [0.5, 0.6) is 0 Å². The maximum Gasteiger partial charge on any atom is 0.215 e. The normalized spacial score (nSPS) is 35.0. The average molecular weight is 260 g/mol. The molecule has 0 bridgehead atoms. The van der Waals surface area contributed by atoms with Crippen LogP contribution in [0, 0.1) is 11.8 Å². The van der Waals surface area contributed by atoms with Crippen LogP contribution in [0.2, 0.25) is 0 Å². The Labute approximate surface area is 105 Å². The fourth-order valence-corrected chi connectivity index (χ4v) is 4.46. The third-order valence-electron chi connectivity index (χ3n) is 4.07. The van der Waals surface area contributed by atoms with Crippen LogP contribution in [0.4, 0.5) is 0 Å². The molecule has 1 aliphatic heterocycles. The lowest BCUT2D eigenvalue weighted by Crippen LogP contribution is -2.45. The molecular weight excluding hydrogens is 236 g/mol. The molecule has 0 spiro atoms. The molecule has 0 radical (unpaired) electrons. The zero-order valence-electron chi connectivity index (χ0n) is 10.6. The van der Waals surface area contributed by atoms with Gasteiger partial charge >= 0.3 is 0 Å². The molecule has 1 aliphatic carbocycles. The van der Waals surface area contributed by atoms with Gasteiger partial charge in [-0.25, -0.2) is 13.1 Å². The Morgan fingerprint density at radius 2 is 2.12 bits per heavy atom. The highest BCUT2D eigenvalue weighted by Crippen LogP contribution is 2.29. The van der Waals surface area contributed by atoms with Crippen molar-refractivity contribution in [1.82, 2.24) is 10.0 Å². The van der Waals surface area contributed by atoms with E-state index >= 15 is 0 Å². The number of rotatable bonds is 4. The molecular formula is C12H24N2O2S. The zero-order valence-corrected chi connectivity index (χ0v) is 11.4. The number of hydrogen-bond acceptors (Lipinski definition) is 3. The molecule has 5 heteroatoms. The van der Waals surface area contributed by atoms with Crippen LogP contribution in [-0.2, 0) is 10.0 Å². The Kier molecular flexibility index (Phi) is 4.44. The van der Waals surface area contributed by atoms with Crippen molar-refractivity contribution in [1.29, 1.82) is 0 Å². The van der Waals surface area contributed by atoms with E-state index in [9.17, 15) is 8.42 Å². The van der Waals surface area contributed by atoms with Crippen molar-refractivity contribution in [3.8, 4) is 0 Å². The van der Waals surface area contributed by atoms with Gasteiger partial charge in [0.1, 0.15) is 0 Å². The minimum absolute atomic E-state index is 0.227. The topological polar surface area (TPSA) is 58.2 Å². The quantitative estimate of drug-likeness (QED) is 0.795. The van der Waals surface area contributed by atoms with Crippen molar-refractivity contribution >= 4 is 10.0 Å². The van der Waals surface area contributed by atoms with E-state index in [-0.39, 0.29) is 5.25 Å². The molecule has 2 rings (SSSR count). The summed E-state index contributed by atoms with van der Waals surface area (Å²) in [5.74, 6) is 1.32. The molecule has 1 heterocycles. The second kappa shape index (κ2) is 5.67. The van der Waals surface area contributed by atoms with E-state index < -0.39 is 10.0 Å². The summed E-state index contributed by atoms with van der Waals surface area (Å²) in [6.07, 6.45) is 5.35. The Bertz CT molecular complexity index is 336. The van der Waals surface area contributed by atoms with Crippen molar-refractivity contribution in [2.45, 2.75) is 44.3 Å². The average Bonchev–Trinajstić information content (AvgIpc) is 2.74. The van der Waals surface area contributed by atoms with Gasteiger partial charge in [-0.15, -0.1) is 0 Å². The first-order valence-electron chi connectivity index (χ1n) is 6.77. The lowest BCUT2D eigenvalue weighted by molar-refractivity contribution is 0.471. The zero-order chi connectivity index (χ0) is 12.3. The predicted octanol–water partition coefficient (Wildman–Crippen LogP) is 1.09. The molecule has 1 saturated carbocycles. The minimum atomic E-state index is -3.10. The second-order valence-corrected chi connectivity index (χ2v) is 7.69. The molecule has 0 aromatic carbocycles. The Morgan fingerprint density at radius 3 is 2.71 bits per heavy atom. The van der Waals surface area contributed by atoms with Crippen molar-refractivity contribution in [3.05, 3.63) is 0 Å². The first-order chi connectivity index (χ1) is 8.08. The van der Waals surface area contributed by atoms with E-state index in [1.165, 1.54) is 19.3 Å². The highest BCUT2D eigenvalue weighted by molar-refractivity contribution is 7.90. The lowest BCUT2D eigenvalue weighted by atomic mass is 10.1. The van der Waals surface area contributed by atoms with E-state index in [1.54, 1.807) is 0 Å². The standard InChI is InChI=1S/C12H24N2O2S/c1-10-4-5-11(7-10)8-14-17(15,16)12-3-2-6-13-9-12/h10-14H,2-9H2,1H3. The van der Waals surface area contributed by atoms with Gasteiger partial charge in [-0.1, -0.05) is 13.3 Å². The van der Waals surface area contributed by atoms with Gasteiger partial charge in [-0.05, 0) is 44.1 Å². The van der Waals surface area contributed by atoms with Crippen molar-refractivity contribution < 1.29 is 8.42 Å². The molecule has 3 atom stereocenters. The van der Waals surface area contributed by atoms with Gasteiger partial charge in [-0.3, -0.25) is 0 Å². The van der Waals surface area contributed by atoms with Crippen LogP contribution in [0.25, 0.3) is 0 Å². The highest BCUT2D eigenvalue weighted by atomic mass is 32.2. The van der Waals surface area contributed by atoms with Gasteiger partial charge in [0.25, 0.3) is 0 Å². The summed E-state index contributed by atoms with van der Waals surface area (Å²) in [7, 11) is -3.10. The summed E-state index contributed by atoms with van der Waals surface area (Å²) in [5.41, 5.74) is 0. The predicted molar refractivity (Wildman–Crippen MR) is 69.3 cm³/mol. The Balaban J connectivity index is 1.80. The molecule has 1 saturated heterocycles. The molecule has 0 aromatic rings. The van der Waals surface area contributed by atoms with Crippen LogP contribution < -0.4 is 10.0 Å². The van der Waals surface area contributed by atoms with E-state index in [0.29, 0.717) is 19.0 Å². The summed E-state index contributed by atoms with van der Waals surface area (Å²) in [5, 5.41) is 2.93. The Morgan fingerprint density at radius 1 is 1.29 bits per heavy atom. The molecule has 2 N–H and O–H groups in total. The summed E-state index contributed by atoms with van der Waals surface area (Å²) >= 11 is 0. The van der Waals surface area contributed by atoms with Gasteiger partial charge in [0.15, 0.2) is 0 Å². The molecule has 0 aromatic heterocycles. The van der Waals surface area contributed by atoms with Crippen molar-refractivity contribution in [2.75, 3.05) is 19.6 Å². The summed E-state index contributed by atoms with van der Waals surface area (Å²) in [4.78, 5) is 0. The first-order valence-corrected chi connectivity index (χ1v) is 8.32. The third-order valence-corrected chi connectivity index (χ3v) is 5.92. The van der Waals surface area contributed by atoms with Crippen LogP contribution in [0.1, 0.15) is 39.0 Å². The number of sulfonamides is 1. The fourth-order valence-electron chi connectivity index (χ4n) is 2.95. The maximum atomic E-state index is 12.1. The molecule has 0 amide bonds. The monoisotopic (exact) mass is 260 g/mol. The largest absolute Gasteiger partial charge is 0.315 e. The summed E-state index contributed by atoms with van der Waals surface area (Å²) in [6, 6.07) is 0. The smallest absolute Gasteiger partial charge is 0.215 e. The number of nitrogens with one attached hydrogen (secondary N) is 2. The van der Waals surface area contributed by atoms with Crippen LogP contribution >= 0.6 is 0 Å². The van der Waals surface area contributed by atoms with E-state index in [4.69, 9.17) is 0 Å². The summed E-state index contributed by atoms with van der Waals surface area (Å²) in [6.45, 7) is 4.45. The molecule has 2 aliphatic rings.